The van der Waals surface area contributed by atoms with Gasteiger partial charge in [-0.2, -0.15) is 0 Å². The molecule has 0 spiro atoms. The number of carbonyl (C=O) groups is 1. The van der Waals surface area contributed by atoms with Crippen LogP contribution in [0.25, 0.3) is 0 Å². The van der Waals surface area contributed by atoms with Crippen LogP contribution in [0.2, 0.25) is 0 Å². The molecule has 3 N–H and O–H groups in total. The van der Waals surface area contributed by atoms with Crippen molar-refractivity contribution in [1.82, 2.24) is 0 Å². The molecule has 0 aliphatic heterocycles. The zero-order chi connectivity index (χ0) is 6.28. The van der Waals surface area contributed by atoms with Gasteiger partial charge in [0.15, 0.2) is 0 Å². The number of nitrogens with two attached hydrogens (primary N) is 1. The van der Waals surface area contributed by atoms with Crippen molar-refractivity contribution in [2.24, 2.45) is 5.50 Å². The summed E-state index contributed by atoms with van der Waals surface area (Å²) < 4.78 is 0. The molecule has 0 radical (unpaired) electrons. The fourth-order valence-electron chi connectivity index (χ4n) is 0. The van der Waals surface area contributed by atoms with Crippen LogP contribution in [0.1, 0.15) is 13.3 Å². The summed E-state index contributed by atoms with van der Waals surface area (Å²) in [7, 11) is 1.92. The van der Waals surface area contributed by atoms with Crippen LogP contribution in [0, 0.1) is 0 Å². The lowest BCUT2D eigenvalue weighted by Gasteiger charge is -1.71. The van der Waals surface area contributed by atoms with Crippen molar-refractivity contribution < 1.29 is 9.90 Å². The molecule has 0 aliphatic carbocycles. The smallest absolute Gasteiger partial charge is 0.303 e. The third-order valence-electron chi connectivity index (χ3n) is 0.302. The molecule has 0 rings (SSSR count). The quantitative estimate of drug-likeness (QED) is 0.490. The maximum absolute atomic E-state index is 9.37. The van der Waals surface area contributed by atoms with Gasteiger partial charge in [-0.1, -0.05) is 16.3 Å². The van der Waals surface area contributed by atoms with Gasteiger partial charge in [0.25, 0.3) is 0 Å². The van der Waals surface area contributed by atoms with Gasteiger partial charge < -0.3 is 10.6 Å². The molecule has 7 heavy (non-hydrogen) atoms. The standard InChI is InChI=1S/C3H6O2.H4NP/c1-2-3(4)5;1-2/h2H2,1H3,(H,4,5);1-2H2. The van der Waals surface area contributed by atoms with Crippen LogP contribution < -0.4 is 5.50 Å². The lowest BCUT2D eigenvalue weighted by molar-refractivity contribution is -0.136. The van der Waals surface area contributed by atoms with Crippen LogP contribution in [0.4, 0.5) is 0 Å². The van der Waals surface area contributed by atoms with E-state index in [9.17, 15) is 4.79 Å². The Morgan fingerprint density at radius 2 is 2.00 bits per heavy atom. The lowest BCUT2D eigenvalue weighted by atomic mass is 10.5. The number of carboxylic acids is 1. The number of hydrogen-bond acceptors (Lipinski definition) is 2. The van der Waals surface area contributed by atoms with E-state index in [-0.39, 0.29) is 6.42 Å². The SMILES string of the molecule is CCC(=O)O.NP. The first-order valence-corrected chi connectivity index (χ1v) is 2.49. The third kappa shape index (κ3) is 25.2. The first kappa shape index (κ1) is 9.97. The predicted octanol–water partition coefficient (Wildman–Crippen LogP) is 0.216. The minimum atomic E-state index is -0.745. The summed E-state index contributed by atoms with van der Waals surface area (Å²) in [5.41, 5.74) is 4.42. The molecule has 0 aromatic heterocycles. The van der Waals surface area contributed by atoms with E-state index in [1.165, 1.54) is 0 Å². The fourth-order valence-corrected chi connectivity index (χ4v) is 0. The molecule has 0 heterocycles. The van der Waals surface area contributed by atoms with E-state index in [2.05, 4.69) is 5.50 Å². The minimum Gasteiger partial charge on any atom is -0.481 e. The van der Waals surface area contributed by atoms with Gasteiger partial charge in [0.05, 0.1) is 0 Å². The van der Waals surface area contributed by atoms with Gasteiger partial charge in [0.2, 0.25) is 0 Å². The molecular formula is C3H10NO2P. The number of hydrogen-bond donors (Lipinski definition) is 2. The first-order valence-electron chi connectivity index (χ1n) is 1.82. The highest BCUT2D eigenvalue weighted by Crippen LogP contribution is 1.67. The zero-order valence-corrected chi connectivity index (χ0v) is 5.37. The van der Waals surface area contributed by atoms with Gasteiger partial charge in [0.1, 0.15) is 0 Å². The van der Waals surface area contributed by atoms with Crippen LogP contribution in [-0.2, 0) is 4.79 Å². The Hall–Kier alpha value is -0.140. The maximum Gasteiger partial charge on any atom is 0.303 e. The van der Waals surface area contributed by atoms with Crippen LogP contribution in [-0.4, -0.2) is 11.1 Å². The van der Waals surface area contributed by atoms with Crippen LogP contribution in [0.15, 0.2) is 0 Å². The molecule has 1 atom stereocenters. The second kappa shape index (κ2) is 9.29. The number of rotatable bonds is 1. The molecule has 0 amide bonds. The maximum atomic E-state index is 9.37. The summed E-state index contributed by atoms with van der Waals surface area (Å²) in [5, 5.41) is 7.72. The van der Waals surface area contributed by atoms with Gasteiger partial charge >= 0.3 is 5.97 Å². The van der Waals surface area contributed by atoms with Crippen molar-refractivity contribution >= 4 is 15.4 Å². The Bertz CT molecular complexity index is 48.2. The minimum absolute atomic E-state index is 0.222. The highest BCUT2D eigenvalue weighted by molar-refractivity contribution is 7.13. The summed E-state index contributed by atoms with van der Waals surface area (Å²) in [5.74, 6) is -0.745. The van der Waals surface area contributed by atoms with Gasteiger partial charge in [-0.3, -0.25) is 4.79 Å². The molecule has 0 saturated heterocycles. The normalized spacial score (nSPS) is 6.14. The molecule has 0 fully saturated rings. The van der Waals surface area contributed by atoms with Gasteiger partial charge in [-0.25, -0.2) is 0 Å². The zero-order valence-electron chi connectivity index (χ0n) is 4.22. The molecule has 1 unspecified atom stereocenters. The van der Waals surface area contributed by atoms with E-state index in [4.69, 9.17) is 5.11 Å². The number of aliphatic carboxylic acids is 1. The summed E-state index contributed by atoms with van der Waals surface area (Å²) in [6, 6.07) is 0. The van der Waals surface area contributed by atoms with Crippen LogP contribution >= 0.6 is 9.39 Å². The van der Waals surface area contributed by atoms with Crippen molar-refractivity contribution in [2.45, 2.75) is 13.3 Å². The largest absolute Gasteiger partial charge is 0.481 e. The highest BCUT2D eigenvalue weighted by Gasteiger charge is 1.80. The van der Waals surface area contributed by atoms with Crippen molar-refractivity contribution in [2.75, 3.05) is 0 Å². The molecule has 44 valence electrons. The molecule has 0 bridgehead atoms. The molecule has 0 saturated carbocycles. The molecule has 3 nitrogen and oxygen atoms in total. The van der Waals surface area contributed by atoms with Crippen LogP contribution in [0.5, 0.6) is 0 Å². The van der Waals surface area contributed by atoms with E-state index in [0.29, 0.717) is 0 Å². The summed E-state index contributed by atoms with van der Waals surface area (Å²) in [4.78, 5) is 9.37. The van der Waals surface area contributed by atoms with Crippen molar-refractivity contribution in [3.05, 3.63) is 0 Å². The van der Waals surface area contributed by atoms with E-state index in [1.807, 2.05) is 9.39 Å². The summed E-state index contributed by atoms with van der Waals surface area (Å²) in [6.45, 7) is 1.60. The average molecular weight is 123 g/mol. The second-order valence-corrected chi connectivity index (χ2v) is 0.747. The molecular weight excluding hydrogens is 113 g/mol. The first-order chi connectivity index (χ1) is 3.27. The van der Waals surface area contributed by atoms with Crippen molar-refractivity contribution in [3.63, 3.8) is 0 Å². The highest BCUT2D eigenvalue weighted by atomic mass is 31.0. The van der Waals surface area contributed by atoms with E-state index >= 15 is 0 Å². The summed E-state index contributed by atoms with van der Waals surface area (Å²) in [6.07, 6.45) is 0.222. The predicted molar refractivity (Wildman–Crippen MR) is 31.8 cm³/mol. The molecule has 0 aromatic rings. The monoisotopic (exact) mass is 123 g/mol. The van der Waals surface area contributed by atoms with Gasteiger partial charge in [0, 0.05) is 6.42 Å². The van der Waals surface area contributed by atoms with E-state index < -0.39 is 5.97 Å². The average Bonchev–Trinajstić information content (AvgIpc) is 1.73. The second-order valence-electron chi connectivity index (χ2n) is 0.747. The molecule has 0 aromatic carbocycles. The van der Waals surface area contributed by atoms with Crippen molar-refractivity contribution in [1.29, 1.82) is 0 Å². The Balaban J connectivity index is 0. The third-order valence-corrected chi connectivity index (χ3v) is 0.302. The Kier molecular flexibility index (Phi) is 13.2. The van der Waals surface area contributed by atoms with E-state index in [1.54, 1.807) is 6.92 Å². The lowest BCUT2D eigenvalue weighted by Crippen LogP contribution is -1.86. The van der Waals surface area contributed by atoms with Gasteiger partial charge in [-0.15, -0.1) is 0 Å². The Labute approximate surface area is 45.2 Å². The van der Waals surface area contributed by atoms with Crippen LogP contribution in [0.3, 0.4) is 0 Å². The molecule has 4 heteroatoms. The number of carboxylic acid groups (broad SMARTS) is 1. The van der Waals surface area contributed by atoms with Crippen molar-refractivity contribution in [3.8, 4) is 0 Å². The topological polar surface area (TPSA) is 63.3 Å². The molecule has 0 aliphatic rings. The van der Waals surface area contributed by atoms with Gasteiger partial charge in [-0.05, 0) is 0 Å². The Morgan fingerprint density at radius 3 is 2.00 bits per heavy atom. The summed E-state index contributed by atoms with van der Waals surface area (Å²) >= 11 is 0. The van der Waals surface area contributed by atoms with E-state index in [0.717, 1.165) is 0 Å². The Morgan fingerprint density at radius 1 is 1.86 bits per heavy atom. The fraction of sp³-hybridized carbons (Fsp3) is 0.667.